The van der Waals surface area contributed by atoms with Gasteiger partial charge >= 0.3 is 0 Å². The molecule has 3 nitrogen and oxygen atoms in total. The van der Waals surface area contributed by atoms with Gasteiger partial charge in [-0.3, -0.25) is 4.79 Å². The van der Waals surface area contributed by atoms with E-state index in [1.807, 2.05) is 11.9 Å². The fraction of sp³-hybridized carbons (Fsp3) is 0.909. The van der Waals surface area contributed by atoms with Crippen LogP contribution < -0.4 is 5.32 Å². The van der Waals surface area contributed by atoms with Crippen molar-refractivity contribution in [3.05, 3.63) is 0 Å². The van der Waals surface area contributed by atoms with Gasteiger partial charge in [-0.2, -0.15) is 0 Å². The highest BCUT2D eigenvalue weighted by Gasteiger charge is 2.29. The molecule has 0 aromatic rings. The van der Waals surface area contributed by atoms with Crippen LogP contribution >= 0.6 is 0 Å². The summed E-state index contributed by atoms with van der Waals surface area (Å²) in [5, 5.41) is 3.33. The molecule has 1 fully saturated rings. The number of nitrogens with zero attached hydrogens (tertiary/aromatic N) is 1. The van der Waals surface area contributed by atoms with E-state index in [0.29, 0.717) is 12.1 Å². The van der Waals surface area contributed by atoms with Crippen molar-refractivity contribution < 1.29 is 4.79 Å². The van der Waals surface area contributed by atoms with Crippen molar-refractivity contribution >= 4 is 5.91 Å². The van der Waals surface area contributed by atoms with Crippen molar-refractivity contribution in [3.8, 4) is 0 Å². The standard InChI is InChI=1S/C11H22N2O/c1-4-13(9(2)14)11-8-6-5-7-10(11)12-3/h10-12H,4-8H2,1-3H3/t10-,11-/m1/s1. The zero-order valence-corrected chi connectivity index (χ0v) is 9.55. The van der Waals surface area contributed by atoms with Gasteiger partial charge in [0, 0.05) is 25.6 Å². The van der Waals surface area contributed by atoms with E-state index < -0.39 is 0 Å². The largest absolute Gasteiger partial charge is 0.339 e. The molecule has 1 amide bonds. The van der Waals surface area contributed by atoms with E-state index in [-0.39, 0.29) is 5.91 Å². The van der Waals surface area contributed by atoms with E-state index in [2.05, 4.69) is 12.2 Å². The molecule has 0 saturated heterocycles. The van der Waals surface area contributed by atoms with E-state index in [1.54, 1.807) is 6.92 Å². The fourth-order valence-corrected chi connectivity index (χ4v) is 2.51. The van der Waals surface area contributed by atoms with Gasteiger partial charge in [-0.25, -0.2) is 0 Å². The summed E-state index contributed by atoms with van der Waals surface area (Å²) in [7, 11) is 2.00. The van der Waals surface area contributed by atoms with Crippen LogP contribution in [-0.4, -0.2) is 36.5 Å². The van der Waals surface area contributed by atoms with Crippen LogP contribution in [0, 0.1) is 0 Å². The van der Waals surface area contributed by atoms with E-state index >= 15 is 0 Å². The average molecular weight is 198 g/mol. The monoisotopic (exact) mass is 198 g/mol. The molecule has 0 aromatic heterocycles. The third-order valence-corrected chi connectivity index (χ3v) is 3.25. The number of carbonyl (C=O) groups is 1. The number of hydrogen-bond donors (Lipinski definition) is 1. The lowest BCUT2D eigenvalue weighted by Crippen LogP contribution is -2.52. The number of nitrogens with one attached hydrogen (secondary N) is 1. The summed E-state index contributed by atoms with van der Waals surface area (Å²) in [6.07, 6.45) is 4.90. The van der Waals surface area contributed by atoms with Crippen LogP contribution in [0.1, 0.15) is 39.5 Å². The summed E-state index contributed by atoms with van der Waals surface area (Å²) < 4.78 is 0. The molecule has 2 atom stereocenters. The Bertz CT molecular complexity index is 194. The number of amides is 1. The number of carbonyl (C=O) groups excluding carboxylic acids is 1. The molecule has 0 unspecified atom stereocenters. The molecule has 1 aliphatic rings. The SMILES string of the molecule is CCN(C(C)=O)[C@@H]1CCCC[C@H]1NC. The highest BCUT2D eigenvalue weighted by atomic mass is 16.2. The minimum Gasteiger partial charge on any atom is -0.339 e. The summed E-state index contributed by atoms with van der Waals surface area (Å²) >= 11 is 0. The van der Waals surface area contributed by atoms with Crippen molar-refractivity contribution in [2.75, 3.05) is 13.6 Å². The summed E-state index contributed by atoms with van der Waals surface area (Å²) in [5.74, 6) is 0.208. The van der Waals surface area contributed by atoms with E-state index in [1.165, 1.54) is 19.3 Å². The van der Waals surface area contributed by atoms with Crippen molar-refractivity contribution in [2.45, 2.75) is 51.6 Å². The Balaban J connectivity index is 2.65. The predicted octanol–water partition coefficient (Wildman–Crippen LogP) is 1.39. The maximum absolute atomic E-state index is 11.4. The Morgan fingerprint density at radius 3 is 2.57 bits per heavy atom. The quantitative estimate of drug-likeness (QED) is 0.743. The minimum absolute atomic E-state index is 0.208. The zero-order valence-electron chi connectivity index (χ0n) is 9.55. The number of rotatable bonds is 3. The van der Waals surface area contributed by atoms with Gasteiger partial charge in [0.2, 0.25) is 5.91 Å². The van der Waals surface area contributed by atoms with Crippen LogP contribution in [0.15, 0.2) is 0 Å². The normalized spacial score (nSPS) is 27.4. The number of likely N-dealkylation sites (N-methyl/N-ethyl adjacent to an activating group) is 2. The molecule has 82 valence electrons. The van der Waals surface area contributed by atoms with Crippen LogP contribution in [0.5, 0.6) is 0 Å². The molecular formula is C11H22N2O. The predicted molar refractivity (Wildman–Crippen MR) is 58.2 cm³/mol. The Hall–Kier alpha value is -0.570. The Labute approximate surface area is 86.9 Å². The Morgan fingerprint density at radius 2 is 2.07 bits per heavy atom. The molecule has 0 radical (unpaired) electrons. The lowest BCUT2D eigenvalue weighted by Gasteiger charge is -2.39. The van der Waals surface area contributed by atoms with Gasteiger partial charge in [0.15, 0.2) is 0 Å². The van der Waals surface area contributed by atoms with Crippen LogP contribution in [-0.2, 0) is 4.79 Å². The summed E-state index contributed by atoms with van der Waals surface area (Å²) in [6, 6.07) is 0.906. The highest BCUT2D eigenvalue weighted by Crippen LogP contribution is 2.23. The highest BCUT2D eigenvalue weighted by molar-refractivity contribution is 5.73. The van der Waals surface area contributed by atoms with E-state index in [0.717, 1.165) is 13.0 Å². The van der Waals surface area contributed by atoms with Gasteiger partial charge in [0.1, 0.15) is 0 Å². The first-order chi connectivity index (χ1) is 6.70. The van der Waals surface area contributed by atoms with E-state index in [4.69, 9.17) is 0 Å². The Kier molecular flexibility index (Phi) is 4.39. The maximum atomic E-state index is 11.4. The van der Waals surface area contributed by atoms with Crippen LogP contribution in [0.2, 0.25) is 0 Å². The molecule has 0 aromatic carbocycles. The van der Waals surface area contributed by atoms with Crippen molar-refractivity contribution in [1.29, 1.82) is 0 Å². The zero-order chi connectivity index (χ0) is 10.6. The van der Waals surface area contributed by atoms with E-state index in [9.17, 15) is 4.79 Å². The summed E-state index contributed by atoms with van der Waals surface area (Å²) in [6.45, 7) is 4.56. The molecule has 14 heavy (non-hydrogen) atoms. The molecule has 1 aliphatic carbocycles. The topological polar surface area (TPSA) is 32.3 Å². The fourth-order valence-electron chi connectivity index (χ4n) is 2.51. The van der Waals surface area contributed by atoms with Gasteiger partial charge in [-0.1, -0.05) is 12.8 Å². The second kappa shape index (κ2) is 5.35. The molecule has 0 spiro atoms. The molecular weight excluding hydrogens is 176 g/mol. The second-order valence-corrected chi connectivity index (χ2v) is 4.05. The van der Waals surface area contributed by atoms with Gasteiger partial charge in [0.05, 0.1) is 0 Å². The van der Waals surface area contributed by atoms with Gasteiger partial charge in [-0.05, 0) is 26.8 Å². The molecule has 0 heterocycles. The minimum atomic E-state index is 0.208. The first-order valence-electron chi connectivity index (χ1n) is 5.65. The van der Waals surface area contributed by atoms with Gasteiger partial charge in [0.25, 0.3) is 0 Å². The second-order valence-electron chi connectivity index (χ2n) is 4.05. The smallest absolute Gasteiger partial charge is 0.219 e. The van der Waals surface area contributed by atoms with Crippen LogP contribution in [0.25, 0.3) is 0 Å². The number of hydrogen-bond acceptors (Lipinski definition) is 2. The third kappa shape index (κ3) is 2.47. The van der Waals surface area contributed by atoms with Gasteiger partial charge in [-0.15, -0.1) is 0 Å². The van der Waals surface area contributed by atoms with Crippen molar-refractivity contribution in [1.82, 2.24) is 10.2 Å². The molecule has 1 rings (SSSR count). The van der Waals surface area contributed by atoms with Gasteiger partial charge < -0.3 is 10.2 Å². The molecule has 0 aliphatic heterocycles. The van der Waals surface area contributed by atoms with Crippen LogP contribution in [0.4, 0.5) is 0 Å². The summed E-state index contributed by atoms with van der Waals surface area (Å²) in [4.78, 5) is 13.4. The summed E-state index contributed by atoms with van der Waals surface area (Å²) in [5.41, 5.74) is 0. The first-order valence-corrected chi connectivity index (χ1v) is 5.65. The molecule has 1 N–H and O–H groups in total. The lowest BCUT2D eigenvalue weighted by molar-refractivity contribution is -0.132. The van der Waals surface area contributed by atoms with Crippen molar-refractivity contribution in [2.24, 2.45) is 0 Å². The average Bonchev–Trinajstić information content (AvgIpc) is 2.19. The molecule has 1 saturated carbocycles. The first kappa shape index (κ1) is 11.5. The molecule has 0 bridgehead atoms. The maximum Gasteiger partial charge on any atom is 0.219 e. The van der Waals surface area contributed by atoms with Crippen LogP contribution in [0.3, 0.4) is 0 Å². The lowest BCUT2D eigenvalue weighted by atomic mass is 9.89. The third-order valence-electron chi connectivity index (χ3n) is 3.25. The van der Waals surface area contributed by atoms with Crippen molar-refractivity contribution in [3.63, 3.8) is 0 Å². The molecule has 3 heteroatoms. The Morgan fingerprint density at radius 1 is 1.43 bits per heavy atom.